The Kier molecular flexibility index (Phi) is 2.39. The van der Waals surface area contributed by atoms with Crippen LogP contribution in [0, 0.1) is 0 Å². The molecule has 108 valence electrons. The van der Waals surface area contributed by atoms with Crippen molar-refractivity contribution in [2.75, 3.05) is 0 Å². The Morgan fingerprint density at radius 3 is 2.73 bits per heavy atom. The number of rotatable bonds is 1. The summed E-state index contributed by atoms with van der Waals surface area (Å²) in [6, 6.07) is 10.6. The van der Waals surface area contributed by atoms with Crippen molar-refractivity contribution in [3.05, 3.63) is 58.5 Å². The lowest BCUT2D eigenvalue weighted by Crippen LogP contribution is -2.18. The highest BCUT2D eigenvalue weighted by Gasteiger charge is 2.15. The second-order valence-corrected chi connectivity index (χ2v) is 5.14. The number of carboxylic acids is 1. The topological polar surface area (TPSA) is 76.6 Å². The van der Waals surface area contributed by atoms with Gasteiger partial charge in [0.1, 0.15) is 16.7 Å². The van der Waals surface area contributed by atoms with Crippen molar-refractivity contribution in [3.8, 4) is 0 Å². The molecule has 4 aromatic rings. The summed E-state index contributed by atoms with van der Waals surface area (Å²) < 4.78 is 3.07. The van der Waals surface area contributed by atoms with Crippen LogP contribution in [0.4, 0.5) is 0 Å². The molecule has 0 radical (unpaired) electrons. The Labute approximate surface area is 123 Å². The first-order valence-electron chi connectivity index (χ1n) is 6.71. The van der Waals surface area contributed by atoms with Crippen molar-refractivity contribution in [2.45, 2.75) is 0 Å². The van der Waals surface area contributed by atoms with Gasteiger partial charge in [-0.15, -0.1) is 0 Å². The van der Waals surface area contributed by atoms with E-state index in [0.29, 0.717) is 16.7 Å². The zero-order chi connectivity index (χ0) is 15.4. The molecule has 4 rings (SSSR count). The number of hydrogen-bond acceptors (Lipinski definition) is 3. The van der Waals surface area contributed by atoms with Crippen LogP contribution in [-0.4, -0.2) is 25.0 Å². The molecule has 0 fully saturated rings. The van der Waals surface area contributed by atoms with Crippen molar-refractivity contribution in [1.29, 1.82) is 0 Å². The Balaban J connectivity index is 2.27. The first-order valence-corrected chi connectivity index (χ1v) is 6.71. The summed E-state index contributed by atoms with van der Waals surface area (Å²) in [5, 5.41) is 9.98. The van der Waals surface area contributed by atoms with E-state index >= 15 is 0 Å². The van der Waals surface area contributed by atoms with E-state index in [0.717, 1.165) is 10.9 Å². The highest BCUT2D eigenvalue weighted by atomic mass is 16.4. The third-order valence-corrected chi connectivity index (χ3v) is 3.90. The highest BCUT2D eigenvalue weighted by molar-refractivity contribution is 6.05. The fourth-order valence-electron chi connectivity index (χ4n) is 2.83. The molecular weight excluding hydrogens is 282 g/mol. The van der Waals surface area contributed by atoms with E-state index in [4.69, 9.17) is 5.11 Å². The van der Waals surface area contributed by atoms with E-state index in [9.17, 15) is 9.59 Å². The fourth-order valence-corrected chi connectivity index (χ4v) is 2.83. The molecular formula is C16H11N3O3. The molecule has 6 nitrogen and oxygen atoms in total. The molecule has 0 spiro atoms. The van der Waals surface area contributed by atoms with Crippen LogP contribution in [0.5, 0.6) is 0 Å². The zero-order valence-electron chi connectivity index (χ0n) is 11.6. The molecule has 0 unspecified atom stereocenters. The minimum Gasteiger partial charge on any atom is -0.478 e. The SMILES string of the molecule is Cn1c2ccccc2c2nc3ccc(C(=O)O)cn3c(=O)c21. The molecule has 22 heavy (non-hydrogen) atoms. The lowest BCUT2D eigenvalue weighted by molar-refractivity contribution is 0.0696. The van der Waals surface area contributed by atoms with Gasteiger partial charge in [-0.25, -0.2) is 9.78 Å². The molecule has 0 atom stereocenters. The monoisotopic (exact) mass is 293 g/mol. The maximum Gasteiger partial charge on any atom is 0.337 e. The number of benzene rings is 1. The van der Waals surface area contributed by atoms with E-state index in [1.54, 1.807) is 17.7 Å². The third-order valence-electron chi connectivity index (χ3n) is 3.90. The minimum atomic E-state index is -1.08. The van der Waals surface area contributed by atoms with Crippen LogP contribution in [0.15, 0.2) is 47.4 Å². The number of nitrogens with zero attached hydrogens (tertiary/aromatic N) is 3. The normalized spacial score (nSPS) is 11.5. The number of carboxylic acid groups (broad SMARTS) is 1. The van der Waals surface area contributed by atoms with Crippen molar-refractivity contribution >= 4 is 33.6 Å². The standard InChI is InChI=1S/C16H11N3O3/c1-18-11-5-3-2-4-10(11)13-14(18)15(20)19-8-9(16(21)22)6-7-12(19)17-13/h2-8H,1H3,(H,21,22). The van der Waals surface area contributed by atoms with Crippen LogP contribution in [0.3, 0.4) is 0 Å². The van der Waals surface area contributed by atoms with Gasteiger partial charge in [0.05, 0.1) is 11.1 Å². The number of aryl methyl sites for hydroxylation is 1. The van der Waals surface area contributed by atoms with E-state index in [2.05, 4.69) is 4.98 Å². The van der Waals surface area contributed by atoms with E-state index in [1.165, 1.54) is 16.7 Å². The first kappa shape index (κ1) is 12.6. The molecule has 6 heteroatoms. The Hall–Kier alpha value is -3.15. The largest absolute Gasteiger partial charge is 0.478 e. The average Bonchev–Trinajstić information content (AvgIpc) is 2.81. The Morgan fingerprint density at radius 2 is 1.95 bits per heavy atom. The average molecular weight is 293 g/mol. The van der Waals surface area contributed by atoms with Crippen molar-refractivity contribution in [1.82, 2.24) is 14.0 Å². The predicted octanol–water partition coefficient (Wildman–Crippen LogP) is 2.04. The smallest absolute Gasteiger partial charge is 0.337 e. The third kappa shape index (κ3) is 1.52. The second-order valence-electron chi connectivity index (χ2n) is 5.14. The highest BCUT2D eigenvalue weighted by Crippen LogP contribution is 2.24. The van der Waals surface area contributed by atoms with E-state index in [-0.39, 0.29) is 11.1 Å². The molecule has 0 bridgehead atoms. The molecule has 0 saturated heterocycles. The zero-order valence-corrected chi connectivity index (χ0v) is 11.6. The molecule has 1 N–H and O–H groups in total. The van der Waals surface area contributed by atoms with Crippen LogP contribution < -0.4 is 5.56 Å². The summed E-state index contributed by atoms with van der Waals surface area (Å²) in [7, 11) is 1.81. The van der Waals surface area contributed by atoms with E-state index < -0.39 is 5.97 Å². The predicted molar refractivity (Wildman–Crippen MR) is 82.4 cm³/mol. The molecule has 0 aliphatic heterocycles. The molecule has 1 aromatic carbocycles. The van der Waals surface area contributed by atoms with Gasteiger partial charge in [-0.2, -0.15) is 0 Å². The summed E-state index contributed by atoms with van der Waals surface area (Å²) in [4.78, 5) is 28.4. The Bertz CT molecular complexity index is 1140. The van der Waals surface area contributed by atoms with Crippen LogP contribution >= 0.6 is 0 Å². The summed E-state index contributed by atoms with van der Waals surface area (Å²) >= 11 is 0. The van der Waals surface area contributed by atoms with Crippen molar-refractivity contribution in [2.24, 2.45) is 7.05 Å². The van der Waals surface area contributed by atoms with Crippen LogP contribution in [0.2, 0.25) is 0 Å². The summed E-state index contributed by atoms with van der Waals surface area (Å²) in [6.07, 6.45) is 1.31. The molecule has 0 aliphatic rings. The number of para-hydroxylation sites is 1. The fraction of sp³-hybridized carbons (Fsp3) is 0.0625. The van der Waals surface area contributed by atoms with Crippen LogP contribution in [-0.2, 0) is 7.05 Å². The minimum absolute atomic E-state index is 0.0505. The lowest BCUT2D eigenvalue weighted by Gasteiger charge is -2.03. The summed E-state index contributed by atoms with van der Waals surface area (Å²) in [6.45, 7) is 0. The van der Waals surface area contributed by atoms with Gasteiger partial charge in [-0.3, -0.25) is 9.20 Å². The van der Waals surface area contributed by atoms with Gasteiger partial charge < -0.3 is 9.67 Å². The summed E-state index contributed by atoms with van der Waals surface area (Å²) in [5.41, 5.74) is 2.21. The van der Waals surface area contributed by atoms with E-state index in [1.807, 2.05) is 24.3 Å². The van der Waals surface area contributed by atoms with Gasteiger partial charge in [0.2, 0.25) is 0 Å². The number of fused-ring (bicyclic) bond motifs is 4. The number of hydrogen-bond donors (Lipinski definition) is 1. The van der Waals surface area contributed by atoms with Crippen molar-refractivity contribution in [3.63, 3.8) is 0 Å². The number of aromatic nitrogens is 3. The van der Waals surface area contributed by atoms with Crippen LogP contribution in [0.25, 0.3) is 27.6 Å². The Morgan fingerprint density at radius 1 is 1.18 bits per heavy atom. The van der Waals surface area contributed by atoms with Gasteiger partial charge in [0.25, 0.3) is 5.56 Å². The van der Waals surface area contributed by atoms with Crippen molar-refractivity contribution < 1.29 is 9.90 Å². The molecule has 0 amide bonds. The van der Waals surface area contributed by atoms with Gasteiger partial charge in [0.15, 0.2) is 0 Å². The molecule has 0 saturated carbocycles. The lowest BCUT2D eigenvalue weighted by atomic mass is 10.2. The van der Waals surface area contributed by atoms with Gasteiger partial charge in [-0.1, -0.05) is 18.2 Å². The maximum atomic E-state index is 12.8. The number of aromatic carboxylic acids is 1. The second kappa shape index (κ2) is 4.17. The van der Waals surface area contributed by atoms with Crippen LogP contribution in [0.1, 0.15) is 10.4 Å². The molecule has 0 aliphatic carbocycles. The molecule has 3 heterocycles. The van der Waals surface area contributed by atoms with Gasteiger partial charge >= 0.3 is 5.97 Å². The maximum absolute atomic E-state index is 12.8. The number of carbonyl (C=O) groups is 1. The van der Waals surface area contributed by atoms with Gasteiger partial charge in [-0.05, 0) is 18.2 Å². The quantitative estimate of drug-likeness (QED) is 0.582. The van der Waals surface area contributed by atoms with Gasteiger partial charge in [0, 0.05) is 18.6 Å². The first-order chi connectivity index (χ1) is 10.6. The molecule has 3 aromatic heterocycles. The summed E-state index contributed by atoms with van der Waals surface area (Å²) in [5.74, 6) is -1.08. The number of pyridine rings is 1.